The first kappa shape index (κ1) is 10.9. The van der Waals surface area contributed by atoms with Crippen LogP contribution in [0.25, 0.3) is 0 Å². The second kappa shape index (κ2) is 4.93. The van der Waals surface area contributed by atoms with Crippen LogP contribution in [0, 0.1) is 3.57 Å². The molecule has 0 spiro atoms. The summed E-state index contributed by atoms with van der Waals surface area (Å²) in [4.78, 5) is 17.9. The van der Waals surface area contributed by atoms with E-state index in [1.54, 1.807) is 0 Å². The van der Waals surface area contributed by atoms with Gasteiger partial charge >= 0.3 is 0 Å². The number of rotatable bonds is 2. The van der Waals surface area contributed by atoms with Gasteiger partial charge in [0.1, 0.15) is 9.39 Å². The smallest absolute Gasteiger partial charge is 0.266 e. The van der Waals surface area contributed by atoms with Crippen LogP contribution in [-0.4, -0.2) is 29.2 Å². The van der Waals surface area contributed by atoms with Crippen molar-refractivity contribution in [1.82, 2.24) is 9.97 Å². The monoisotopic (exact) mass is 321 g/mol. The van der Waals surface area contributed by atoms with Crippen molar-refractivity contribution in [3.8, 4) is 0 Å². The maximum Gasteiger partial charge on any atom is 0.266 e. The van der Waals surface area contributed by atoms with E-state index in [0.29, 0.717) is 16.0 Å². The average Bonchev–Trinajstić information content (AvgIpc) is 2.26. The van der Waals surface area contributed by atoms with Gasteiger partial charge in [-0.15, -0.1) is 0 Å². The summed E-state index contributed by atoms with van der Waals surface area (Å²) in [5, 5.41) is 3.23. The van der Waals surface area contributed by atoms with E-state index >= 15 is 0 Å². The number of halogens is 1. The summed E-state index contributed by atoms with van der Waals surface area (Å²) < 4.78 is 5.94. The van der Waals surface area contributed by atoms with Crippen LogP contribution in [0.4, 0.5) is 5.82 Å². The van der Waals surface area contributed by atoms with Crippen molar-refractivity contribution in [3.63, 3.8) is 0 Å². The van der Waals surface area contributed by atoms with Crippen LogP contribution in [0.3, 0.4) is 0 Å². The topological polar surface area (TPSA) is 67.0 Å². The van der Waals surface area contributed by atoms with Gasteiger partial charge in [-0.2, -0.15) is 0 Å². The molecule has 1 unspecified atom stereocenters. The predicted molar refractivity (Wildman–Crippen MR) is 65.0 cm³/mol. The number of hydrogen-bond donors (Lipinski definition) is 2. The van der Waals surface area contributed by atoms with Crippen molar-refractivity contribution in [2.45, 2.75) is 18.9 Å². The number of nitrogens with one attached hydrogen (secondary N) is 2. The maximum atomic E-state index is 11.3. The molecule has 1 fully saturated rings. The Kier molecular flexibility index (Phi) is 3.57. The molecule has 6 heteroatoms. The number of nitrogens with zero attached hydrogens (tertiary/aromatic N) is 1. The summed E-state index contributed by atoms with van der Waals surface area (Å²) in [6, 6.07) is 0.265. The fourth-order valence-electron chi connectivity index (χ4n) is 1.53. The molecule has 0 amide bonds. The molecule has 2 N–H and O–H groups in total. The van der Waals surface area contributed by atoms with E-state index in [4.69, 9.17) is 4.74 Å². The Morgan fingerprint density at radius 3 is 3.27 bits per heavy atom. The van der Waals surface area contributed by atoms with Crippen molar-refractivity contribution in [1.29, 1.82) is 0 Å². The zero-order chi connectivity index (χ0) is 10.7. The van der Waals surface area contributed by atoms with Crippen LogP contribution in [-0.2, 0) is 4.74 Å². The normalized spacial score (nSPS) is 21.3. The minimum Gasteiger partial charge on any atom is -0.379 e. The summed E-state index contributed by atoms with van der Waals surface area (Å²) >= 11 is 1.99. The molecular formula is C9H12IN3O2. The number of ether oxygens (including phenoxy) is 1. The van der Waals surface area contributed by atoms with Crippen LogP contribution in [0.1, 0.15) is 12.8 Å². The molecular weight excluding hydrogens is 309 g/mol. The molecule has 0 aliphatic carbocycles. The molecule has 1 aromatic heterocycles. The molecule has 0 aromatic carbocycles. The van der Waals surface area contributed by atoms with Crippen molar-refractivity contribution in [3.05, 3.63) is 20.3 Å². The van der Waals surface area contributed by atoms with Gasteiger partial charge in [0.05, 0.1) is 19.0 Å². The summed E-state index contributed by atoms with van der Waals surface area (Å²) in [5.41, 5.74) is -0.107. The number of aromatic amines is 1. The lowest BCUT2D eigenvalue weighted by Crippen LogP contribution is -2.31. The molecule has 5 nitrogen and oxygen atoms in total. The third-order valence-electron chi connectivity index (χ3n) is 2.30. The molecule has 82 valence electrons. The van der Waals surface area contributed by atoms with E-state index in [1.807, 2.05) is 22.6 Å². The minimum atomic E-state index is -0.107. The van der Waals surface area contributed by atoms with Crippen molar-refractivity contribution < 1.29 is 4.74 Å². The fourth-order valence-corrected chi connectivity index (χ4v) is 1.98. The van der Waals surface area contributed by atoms with E-state index in [2.05, 4.69) is 15.3 Å². The molecule has 0 saturated carbocycles. The Labute approximate surface area is 101 Å². The fraction of sp³-hybridized carbons (Fsp3) is 0.556. The van der Waals surface area contributed by atoms with Crippen LogP contribution in [0.2, 0.25) is 0 Å². The lowest BCUT2D eigenvalue weighted by molar-refractivity contribution is 0.0875. The third kappa shape index (κ3) is 2.69. The van der Waals surface area contributed by atoms with E-state index in [9.17, 15) is 4.79 Å². The number of H-pyrrole nitrogens is 1. The van der Waals surface area contributed by atoms with Gasteiger partial charge < -0.3 is 15.0 Å². The summed E-state index contributed by atoms with van der Waals surface area (Å²) in [6.45, 7) is 1.52. The second-order valence-electron chi connectivity index (χ2n) is 3.45. The van der Waals surface area contributed by atoms with Gasteiger partial charge in [0.2, 0.25) is 0 Å². The minimum absolute atomic E-state index is 0.107. The van der Waals surface area contributed by atoms with E-state index in [0.717, 1.165) is 19.4 Å². The number of aromatic nitrogens is 2. The third-order valence-corrected chi connectivity index (χ3v) is 3.30. The lowest BCUT2D eigenvalue weighted by Gasteiger charge is -2.23. The first-order valence-electron chi connectivity index (χ1n) is 4.85. The van der Waals surface area contributed by atoms with E-state index in [1.165, 1.54) is 6.33 Å². The molecule has 1 aromatic rings. The molecule has 1 atom stereocenters. The SMILES string of the molecule is O=c1[nH]cnc(NC2CCCOC2)c1I. The zero-order valence-corrected chi connectivity index (χ0v) is 10.3. The summed E-state index contributed by atoms with van der Waals surface area (Å²) in [7, 11) is 0. The quantitative estimate of drug-likeness (QED) is 0.797. The van der Waals surface area contributed by atoms with E-state index < -0.39 is 0 Å². The highest BCUT2D eigenvalue weighted by molar-refractivity contribution is 14.1. The van der Waals surface area contributed by atoms with Gasteiger partial charge in [-0.3, -0.25) is 4.79 Å². The first-order chi connectivity index (χ1) is 7.27. The first-order valence-corrected chi connectivity index (χ1v) is 5.92. The van der Waals surface area contributed by atoms with Crippen molar-refractivity contribution >= 4 is 28.4 Å². The largest absolute Gasteiger partial charge is 0.379 e. The average molecular weight is 321 g/mol. The predicted octanol–water partition coefficient (Wildman–Crippen LogP) is 0.965. The zero-order valence-electron chi connectivity index (χ0n) is 8.12. The molecule has 0 radical (unpaired) electrons. The number of hydrogen-bond acceptors (Lipinski definition) is 4. The van der Waals surface area contributed by atoms with Gasteiger partial charge in [-0.1, -0.05) is 0 Å². The Bertz CT molecular complexity index is 387. The Morgan fingerprint density at radius 1 is 1.67 bits per heavy atom. The van der Waals surface area contributed by atoms with Crippen LogP contribution in [0.5, 0.6) is 0 Å². The second-order valence-corrected chi connectivity index (χ2v) is 4.53. The van der Waals surface area contributed by atoms with E-state index in [-0.39, 0.29) is 11.6 Å². The standard InChI is InChI=1S/C9H12IN3O2/c10-7-8(11-5-12-9(7)14)13-6-2-1-3-15-4-6/h5-6H,1-4H2,(H2,11,12,13,14). The molecule has 2 heterocycles. The number of anilines is 1. The molecule has 1 saturated heterocycles. The summed E-state index contributed by atoms with van der Waals surface area (Å²) in [5.74, 6) is 0.648. The molecule has 0 bridgehead atoms. The molecule has 1 aliphatic heterocycles. The highest BCUT2D eigenvalue weighted by atomic mass is 127. The van der Waals surface area contributed by atoms with Gasteiger partial charge in [-0.05, 0) is 35.4 Å². The Hall–Kier alpha value is -0.630. The molecule has 15 heavy (non-hydrogen) atoms. The molecule has 1 aliphatic rings. The van der Waals surface area contributed by atoms with Crippen molar-refractivity contribution in [2.75, 3.05) is 18.5 Å². The van der Waals surface area contributed by atoms with Gasteiger partial charge in [0, 0.05) is 6.61 Å². The van der Waals surface area contributed by atoms with Crippen LogP contribution < -0.4 is 10.9 Å². The summed E-state index contributed by atoms with van der Waals surface area (Å²) in [6.07, 6.45) is 3.53. The highest BCUT2D eigenvalue weighted by Crippen LogP contribution is 2.14. The lowest BCUT2D eigenvalue weighted by atomic mass is 10.1. The Balaban J connectivity index is 2.09. The van der Waals surface area contributed by atoms with Gasteiger partial charge in [0.15, 0.2) is 0 Å². The van der Waals surface area contributed by atoms with Gasteiger partial charge in [-0.25, -0.2) is 4.98 Å². The Morgan fingerprint density at radius 2 is 2.53 bits per heavy atom. The van der Waals surface area contributed by atoms with Gasteiger partial charge in [0.25, 0.3) is 5.56 Å². The van der Waals surface area contributed by atoms with Crippen molar-refractivity contribution in [2.24, 2.45) is 0 Å². The van der Waals surface area contributed by atoms with Crippen LogP contribution in [0.15, 0.2) is 11.1 Å². The van der Waals surface area contributed by atoms with Crippen LogP contribution >= 0.6 is 22.6 Å². The highest BCUT2D eigenvalue weighted by Gasteiger charge is 2.15. The molecule has 2 rings (SSSR count). The maximum absolute atomic E-state index is 11.3.